The van der Waals surface area contributed by atoms with Crippen LogP contribution in [0.3, 0.4) is 0 Å². The van der Waals surface area contributed by atoms with Gasteiger partial charge in [0.15, 0.2) is 0 Å². The first-order valence-electron chi connectivity index (χ1n) is 10.7. The summed E-state index contributed by atoms with van der Waals surface area (Å²) in [5.41, 5.74) is 1.73. The molecule has 2 saturated heterocycles. The van der Waals surface area contributed by atoms with Gasteiger partial charge in [0.2, 0.25) is 5.91 Å². The maximum absolute atomic E-state index is 14.3. The summed E-state index contributed by atoms with van der Waals surface area (Å²) in [4.78, 5) is 30.2. The van der Waals surface area contributed by atoms with Gasteiger partial charge in [-0.3, -0.25) is 9.69 Å². The topological polar surface area (TPSA) is 61.7 Å². The maximum Gasteiger partial charge on any atom is 0.324 e. The van der Waals surface area contributed by atoms with Crippen LogP contribution >= 0.6 is 0 Å². The van der Waals surface area contributed by atoms with Gasteiger partial charge in [0.05, 0.1) is 23.9 Å². The second kappa shape index (κ2) is 8.22. The van der Waals surface area contributed by atoms with E-state index in [1.54, 1.807) is 34.2 Å². The largest absolute Gasteiger partial charge is 0.340 e. The molecular weight excluding hydrogens is 416 g/mol. The van der Waals surface area contributed by atoms with Crippen molar-refractivity contribution in [1.29, 1.82) is 0 Å². The summed E-state index contributed by atoms with van der Waals surface area (Å²) in [5.74, 6) is -0.502. The molecule has 1 atom stereocenters. The molecule has 0 spiro atoms. The van der Waals surface area contributed by atoms with Crippen molar-refractivity contribution in [3.05, 3.63) is 54.5 Å². The van der Waals surface area contributed by atoms with Crippen LogP contribution < -0.4 is 4.90 Å². The summed E-state index contributed by atoms with van der Waals surface area (Å²) in [6.45, 7) is 1.86. The number of hydrogen-bond acceptors (Lipinski definition) is 3. The van der Waals surface area contributed by atoms with Gasteiger partial charge in [-0.15, -0.1) is 0 Å². The molecule has 0 radical (unpaired) electrons. The summed E-state index contributed by atoms with van der Waals surface area (Å²) in [6.07, 6.45) is 1.25. The Morgan fingerprint density at radius 3 is 2.66 bits per heavy atom. The number of likely N-dealkylation sites (tertiary alicyclic amines) is 1. The molecule has 7 nitrogen and oxygen atoms in total. The van der Waals surface area contributed by atoms with Gasteiger partial charge in [-0.05, 0) is 30.7 Å². The average Bonchev–Trinajstić information content (AvgIpc) is 3.51. The van der Waals surface area contributed by atoms with Gasteiger partial charge in [-0.2, -0.15) is 5.10 Å². The van der Waals surface area contributed by atoms with Crippen molar-refractivity contribution in [3.63, 3.8) is 0 Å². The number of fused-ring (bicyclic) bond motifs is 1. The quantitative estimate of drug-likeness (QED) is 0.613. The van der Waals surface area contributed by atoms with Crippen molar-refractivity contribution in [2.45, 2.75) is 19.0 Å². The minimum Gasteiger partial charge on any atom is -0.340 e. The van der Waals surface area contributed by atoms with Crippen LogP contribution in [-0.4, -0.2) is 70.4 Å². The van der Waals surface area contributed by atoms with E-state index < -0.39 is 6.17 Å². The number of carbonyl (C=O) groups excluding carboxylic acids is 2. The number of alkyl halides is 1. The van der Waals surface area contributed by atoms with Crippen molar-refractivity contribution in [2.24, 2.45) is 0 Å². The van der Waals surface area contributed by atoms with Gasteiger partial charge >= 0.3 is 6.03 Å². The molecule has 9 heteroatoms. The predicted octanol–water partition coefficient (Wildman–Crippen LogP) is 3.37. The van der Waals surface area contributed by atoms with Crippen LogP contribution in [0.25, 0.3) is 16.6 Å². The van der Waals surface area contributed by atoms with E-state index in [4.69, 9.17) is 0 Å². The number of halogens is 2. The monoisotopic (exact) mass is 439 g/mol. The Kier molecular flexibility index (Phi) is 5.24. The lowest BCUT2D eigenvalue weighted by molar-refractivity contribution is -0.130. The Morgan fingerprint density at radius 2 is 1.88 bits per heavy atom. The second-order valence-electron chi connectivity index (χ2n) is 8.11. The molecule has 3 amide bonds. The normalized spacial score (nSPS) is 18.9. The Hall–Kier alpha value is -3.49. The Morgan fingerprint density at radius 1 is 1.06 bits per heavy atom. The maximum atomic E-state index is 14.3. The number of anilines is 1. The van der Waals surface area contributed by atoms with Crippen LogP contribution in [0.1, 0.15) is 12.8 Å². The van der Waals surface area contributed by atoms with Gasteiger partial charge < -0.3 is 9.80 Å². The molecule has 0 saturated carbocycles. The zero-order valence-corrected chi connectivity index (χ0v) is 17.5. The van der Waals surface area contributed by atoms with E-state index in [1.165, 1.54) is 15.6 Å². The van der Waals surface area contributed by atoms with Gasteiger partial charge in [0.1, 0.15) is 17.7 Å². The average molecular weight is 439 g/mol. The first kappa shape index (κ1) is 20.4. The number of para-hydroxylation sites is 1. The second-order valence-corrected chi connectivity index (χ2v) is 8.11. The van der Waals surface area contributed by atoms with Gasteiger partial charge in [0.25, 0.3) is 0 Å². The predicted molar refractivity (Wildman–Crippen MR) is 116 cm³/mol. The molecule has 2 aliphatic rings. The molecule has 2 fully saturated rings. The summed E-state index contributed by atoms with van der Waals surface area (Å²) in [5, 5.41) is 5.10. The minimum absolute atomic E-state index is 0.121. The number of carbonyl (C=O) groups is 2. The van der Waals surface area contributed by atoms with Crippen LogP contribution in [0.15, 0.2) is 48.7 Å². The van der Waals surface area contributed by atoms with E-state index in [1.807, 2.05) is 18.2 Å². The number of amides is 3. The van der Waals surface area contributed by atoms with Gasteiger partial charge in [-0.1, -0.05) is 18.2 Å². The number of aromatic nitrogens is 2. The van der Waals surface area contributed by atoms with Crippen LogP contribution in [0, 0.1) is 5.82 Å². The lowest BCUT2D eigenvalue weighted by Crippen LogP contribution is -2.36. The Bertz CT molecular complexity index is 1180. The molecule has 0 aliphatic carbocycles. The van der Waals surface area contributed by atoms with E-state index in [9.17, 15) is 18.4 Å². The molecule has 2 aliphatic heterocycles. The standard InChI is InChI=1S/C23H23F2N5O2/c24-16-8-10-28(15-16)22(31)9-11-27-12-13-29(23(27)32)19-6-3-7-20-17(19)14-26-30(20)21-5-2-1-4-18(21)25/h1-7,14,16H,8-13,15H2/t16-/m0/s1. The fourth-order valence-electron chi connectivity index (χ4n) is 4.43. The minimum atomic E-state index is -0.950. The Labute approximate surface area is 183 Å². The van der Waals surface area contributed by atoms with Crippen molar-refractivity contribution >= 4 is 28.5 Å². The van der Waals surface area contributed by atoms with Gasteiger partial charge in [-0.25, -0.2) is 18.3 Å². The van der Waals surface area contributed by atoms with Gasteiger partial charge in [0, 0.05) is 38.0 Å². The summed E-state index contributed by atoms with van der Waals surface area (Å²) >= 11 is 0. The molecule has 0 bridgehead atoms. The third-order valence-corrected chi connectivity index (χ3v) is 6.14. The zero-order valence-electron chi connectivity index (χ0n) is 17.5. The van der Waals surface area contributed by atoms with Crippen LogP contribution in [0.5, 0.6) is 0 Å². The van der Waals surface area contributed by atoms with E-state index in [0.717, 1.165) is 5.39 Å². The lowest BCUT2D eigenvalue weighted by Gasteiger charge is -2.21. The first-order chi connectivity index (χ1) is 15.5. The third-order valence-electron chi connectivity index (χ3n) is 6.14. The molecule has 0 N–H and O–H groups in total. The molecule has 166 valence electrons. The molecule has 5 rings (SSSR count). The molecule has 3 aromatic rings. The summed E-state index contributed by atoms with van der Waals surface area (Å²) in [6, 6.07) is 11.7. The van der Waals surface area contributed by atoms with Crippen molar-refractivity contribution in [2.75, 3.05) is 37.6 Å². The lowest BCUT2D eigenvalue weighted by atomic mass is 10.2. The molecule has 1 aromatic heterocycles. The molecule has 2 aromatic carbocycles. The highest BCUT2D eigenvalue weighted by molar-refractivity contribution is 6.03. The van der Waals surface area contributed by atoms with Crippen LogP contribution in [-0.2, 0) is 4.79 Å². The fraction of sp³-hybridized carbons (Fsp3) is 0.348. The van der Waals surface area contributed by atoms with Crippen LogP contribution in [0.4, 0.5) is 19.3 Å². The number of hydrogen-bond donors (Lipinski definition) is 0. The van der Waals surface area contributed by atoms with E-state index in [0.29, 0.717) is 49.5 Å². The van der Waals surface area contributed by atoms with Crippen molar-refractivity contribution < 1.29 is 18.4 Å². The van der Waals surface area contributed by atoms with E-state index >= 15 is 0 Å². The van der Waals surface area contributed by atoms with Crippen molar-refractivity contribution in [3.8, 4) is 5.69 Å². The fourth-order valence-corrected chi connectivity index (χ4v) is 4.43. The number of urea groups is 1. The highest BCUT2D eigenvalue weighted by Crippen LogP contribution is 2.31. The molecule has 32 heavy (non-hydrogen) atoms. The van der Waals surface area contributed by atoms with E-state index in [2.05, 4.69) is 5.10 Å². The number of rotatable bonds is 5. The SMILES string of the molecule is O=C(CCN1CCN(c2cccc3c2cnn3-c2ccccc2F)C1=O)N1CC[C@H](F)C1. The van der Waals surface area contributed by atoms with E-state index in [-0.39, 0.29) is 30.7 Å². The summed E-state index contributed by atoms with van der Waals surface area (Å²) < 4.78 is 29.2. The highest BCUT2D eigenvalue weighted by Gasteiger charge is 2.32. The summed E-state index contributed by atoms with van der Waals surface area (Å²) in [7, 11) is 0. The number of nitrogens with zero attached hydrogens (tertiary/aromatic N) is 5. The van der Waals surface area contributed by atoms with Crippen LogP contribution in [0.2, 0.25) is 0 Å². The number of benzene rings is 2. The zero-order chi connectivity index (χ0) is 22.2. The molecule has 3 heterocycles. The highest BCUT2D eigenvalue weighted by atomic mass is 19.1. The third kappa shape index (κ3) is 3.57. The molecular formula is C23H23F2N5O2. The smallest absolute Gasteiger partial charge is 0.324 e. The Balaban J connectivity index is 1.33. The first-order valence-corrected chi connectivity index (χ1v) is 10.7. The van der Waals surface area contributed by atoms with Crippen molar-refractivity contribution in [1.82, 2.24) is 19.6 Å². The molecule has 0 unspecified atom stereocenters.